The van der Waals surface area contributed by atoms with Gasteiger partial charge < -0.3 is 10.6 Å². The third kappa shape index (κ3) is 16.6. The highest BCUT2D eigenvalue weighted by Gasteiger charge is 2.20. The number of nitrogens with one attached hydrogen (secondary N) is 3. The van der Waals surface area contributed by atoms with Gasteiger partial charge in [0.2, 0.25) is 11.8 Å². The highest BCUT2D eigenvalue weighted by molar-refractivity contribution is 7.99. The van der Waals surface area contributed by atoms with Crippen LogP contribution in [0.4, 0.5) is 0 Å². The summed E-state index contributed by atoms with van der Waals surface area (Å²) in [4.78, 5) is 35.5. The lowest BCUT2D eigenvalue weighted by Gasteiger charge is -2.16. The second-order valence-corrected chi connectivity index (χ2v) is 9.15. The van der Waals surface area contributed by atoms with Crippen LogP contribution < -0.4 is 21.9 Å². The topological polar surface area (TPSA) is 113 Å². The first-order valence-electron chi connectivity index (χ1n) is 11.3. The first-order chi connectivity index (χ1) is 15.2. The molecule has 182 valence electrons. The largest absolute Gasteiger partial charge is 0.356 e. The molecule has 0 fully saturated rings. The van der Waals surface area contributed by atoms with Crippen molar-refractivity contribution >= 4 is 29.5 Å². The smallest absolute Gasteiger partial charge is 0.257 e. The Labute approximate surface area is 198 Å². The van der Waals surface area contributed by atoms with Gasteiger partial charge in [0.15, 0.2) is 0 Å². The maximum absolute atomic E-state index is 12.1. The van der Waals surface area contributed by atoms with E-state index in [-0.39, 0.29) is 24.7 Å². The van der Waals surface area contributed by atoms with Crippen molar-refractivity contribution in [1.82, 2.24) is 16.1 Å². The van der Waals surface area contributed by atoms with Gasteiger partial charge in [0.25, 0.3) is 5.91 Å². The van der Waals surface area contributed by atoms with Crippen molar-refractivity contribution in [2.24, 2.45) is 5.84 Å². The number of nitrogens with two attached hydrogens (primary N) is 1. The standard InChI is InChI=1S/C24H42N4O3S/c1-6-26-22(29)13-14-23(30)27-21(24(31)28-25)17-32-16-15-20(5)12-8-11-19(4)10-7-9-18(2)3/h9,11,15,21H,6-8,10,12-14,16-17,25H2,1-5H3,(H,26,29)(H,27,30)(H,28,31). The number of amides is 3. The van der Waals surface area contributed by atoms with Gasteiger partial charge in [0, 0.05) is 30.9 Å². The minimum Gasteiger partial charge on any atom is -0.356 e. The van der Waals surface area contributed by atoms with Gasteiger partial charge in [-0.25, -0.2) is 5.84 Å². The SMILES string of the molecule is CCNC(=O)CCC(=O)NC(CSCC=C(C)CCC=C(C)CCC=C(C)C)C(=O)NN. The quantitative estimate of drug-likeness (QED) is 0.0914. The van der Waals surface area contributed by atoms with Crippen LogP contribution in [-0.4, -0.2) is 41.8 Å². The van der Waals surface area contributed by atoms with Crippen molar-refractivity contribution in [2.75, 3.05) is 18.1 Å². The highest BCUT2D eigenvalue weighted by atomic mass is 32.2. The molecule has 8 heteroatoms. The minimum atomic E-state index is -0.730. The predicted octanol–water partition coefficient (Wildman–Crippen LogP) is 3.53. The van der Waals surface area contributed by atoms with Crippen molar-refractivity contribution in [2.45, 2.75) is 79.2 Å². The Bertz CT molecular complexity index is 683. The lowest BCUT2D eigenvalue weighted by atomic mass is 10.1. The molecule has 0 aliphatic heterocycles. The molecular weight excluding hydrogens is 424 g/mol. The van der Waals surface area contributed by atoms with E-state index < -0.39 is 11.9 Å². The number of carbonyl (C=O) groups excluding carboxylic acids is 3. The zero-order valence-corrected chi connectivity index (χ0v) is 21.2. The number of hydrogen-bond acceptors (Lipinski definition) is 5. The Hall–Kier alpha value is -2.06. The normalized spacial score (nSPS) is 12.7. The van der Waals surface area contributed by atoms with Gasteiger partial charge in [0.1, 0.15) is 6.04 Å². The van der Waals surface area contributed by atoms with Crippen LogP contribution in [0.1, 0.15) is 73.1 Å². The maximum Gasteiger partial charge on any atom is 0.257 e. The highest BCUT2D eigenvalue weighted by Crippen LogP contribution is 2.13. The molecule has 0 radical (unpaired) electrons. The molecule has 7 nitrogen and oxygen atoms in total. The summed E-state index contributed by atoms with van der Waals surface area (Å²) in [6, 6.07) is -0.730. The molecule has 0 aliphatic carbocycles. The number of carbonyl (C=O) groups is 3. The Balaban J connectivity index is 4.35. The summed E-state index contributed by atoms with van der Waals surface area (Å²) in [5.41, 5.74) is 6.18. The molecule has 0 aromatic heterocycles. The molecule has 0 saturated carbocycles. The molecule has 32 heavy (non-hydrogen) atoms. The Morgan fingerprint density at radius 2 is 1.47 bits per heavy atom. The molecule has 1 unspecified atom stereocenters. The summed E-state index contributed by atoms with van der Waals surface area (Å²) in [5.74, 6) is 5.42. The zero-order valence-electron chi connectivity index (χ0n) is 20.4. The van der Waals surface area contributed by atoms with Gasteiger partial charge in [-0.1, -0.05) is 34.9 Å². The summed E-state index contributed by atoms with van der Waals surface area (Å²) >= 11 is 1.55. The Kier molecular flexibility index (Phi) is 17.3. The van der Waals surface area contributed by atoms with Gasteiger partial charge in [-0.15, -0.1) is 0 Å². The molecule has 0 aliphatic rings. The summed E-state index contributed by atoms with van der Waals surface area (Å²) in [6.07, 6.45) is 11.1. The van der Waals surface area contributed by atoms with E-state index in [0.717, 1.165) is 31.4 Å². The average molecular weight is 467 g/mol. The molecule has 1 atom stereocenters. The van der Waals surface area contributed by atoms with E-state index in [4.69, 9.17) is 5.84 Å². The second-order valence-electron chi connectivity index (χ2n) is 8.08. The third-order valence-corrected chi connectivity index (χ3v) is 5.68. The van der Waals surface area contributed by atoms with Crippen LogP contribution in [-0.2, 0) is 14.4 Å². The maximum atomic E-state index is 12.1. The van der Waals surface area contributed by atoms with E-state index in [2.05, 4.69) is 62.0 Å². The molecule has 0 heterocycles. The van der Waals surface area contributed by atoms with Crippen LogP contribution >= 0.6 is 11.8 Å². The fourth-order valence-electron chi connectivity index (χ4n) is 2.79. The van der Waals surface area contributed by atoms with Crippen molar-refractivity contribution in [3.05, 3.63) is 34.9 Å². The molecule has 5 N–H and O–H groups in total. The summed E-state index contributed by atoms with van der Waals surface area (Å²) < 4.78 is 0. The first-order valence-corrected chi connectivity index (χ1v) is 12.4. The molecule has 0 rings (SSSR count). The fraction of sp³-hybridized carbons (Fsp3) is 0.625. The third-order valence-electron chi connectivity index (χ3n) is 4.70. The molecule has 0 bridgehead atoms. The van der Waals surface area contributed by atoms with Gasteiger partial charge >= 0.3 is 0 Å². The van der Waals surface area contributed by atoms with Gasteiger partial charge in [-0.3, -0.25) is 19.8 Å². The molecule has 0 aromatic carbocycles. The van der Waals surface area contributed by atoms with Crippen LogP contribution in [0.15, 0.2) is 34.9 Å². The molecule has 0 saturated heterocycles. The summed E-state index contributed by atoms with van der Waals surface area (Å²) in [7, 11) is 0. The van der Waals surface area contributed by atoms with Crippen molar-refractivity contribution in [3.8, 4) is 0 Å². The molecule has 0 spiro atoms. The number of hydrazine groups is 1. The van der Waals surface area contributed by atoms with Gasteiger partial charge in [-0.2, -0.15) is 11.8 Å². The van der Waals surface area contributed by atoms with E-state index in [1.165, 1.54) is 16.7 Å². The molecule has 3 amide bonds. The molecular formula is C24H42N4O3S. The van der Waals surface area contributed by atoms with E-state index in [9.17, 15) is 14.4 Å². The predicted molar refractivity (Wildman–Crippen MR) is 135 cm³/mol. The fourth-order valence-corrected chi connectivity index (χ4v) is 3.80. The monoisotopic (exact) mass is 466 g/mol. The minimum absolute atomic E-state index is 0.0329. The summed E-state index contributed by atoms with van der Waals surface area (Å²) in [6.45, 7) is 10.9. The first kappa shape index (κ1) is 29.9. The Morgan fingerprint density at radius 1 is 0.875 bits per heavy atom. The van der Waals surface area contributed by atoms with Crippen molar-refractivity contribution in [1.29, 1.82) is 0 Å². The Morgan fingerprint density at radius 3 is 2.06 bits per heavy atom. The lowest BCUT2D eigenvalue weighted by molar-refractivity contribution is -0.129. The molecule has 0 aromatic rings. The van der Waals surface area contributed by atoms with E-state index in [0.29, 0.717) is 12.3 Å². The summed E-state index contributed by atoms with van der Waals surface area (Å²) in [5, 5.41) is 5.30. The number of hydrogen-bond donors (Lipinski definition) is 4. The van der Waals surface area contributed by atoms with Crippen LogP contribution in [0, 0.1) is 0 Å². The van der Waals surface area contributed by atoms with Crippen LogP contribution in [0.3, 0.4) is 0 Å². The lowest BCUT2D eigenvalue weighted by Crippen LogP contribution is -2.50. The van der Waals surface area contributed by atoms with E-state index in [1.807, 2.05) is 6.92 Å². The number of thioether (sulfide) groups is 1. The van der Waals surface area contributed by atoms with Crippen molar-refractivity contribution in [3.63, 3.8) is 0 Å². The van der Waals surface area contributed by atoms with Gasteiger partial charge in [-0.05, 0) is 60.3 Å². The van der Waals surface area contributed by atoms with Gasteiger partial charge in [0.05, 0.1) is 0 Å². The van der Waals surface area contributed by atoms with Crippen LogP contribution in [0.2, 0.25) is 0 Å². The average Bonchev–Trinajstić information content (AvgIpc) is 2.73. The van der Waals surface area contributed by atoms with Crippen LogP contribution in [0.5, 0.6) is 0 Å². The van der Waals surface area contributed by atoms with E-state index >= 15 is 0 Å². The second kappa shape index (κ2) is 18.5. The van der Waals surface area contributed by atoms with Crippen LogP contribution in [0.25, 0.3) is 0 Å². The van der Waals surface area contributed by atoms with E-state index in [1.54, 1.807) is 11.8 Å². The zero-order chi connectivity index (χ0) is 24.4. The number of rotatable bonds is 16. The number of allylic oxidation sites excluding steroid dienone is 5. The van der Waals surface area contributed by atoms with Crippen molar-refractivity contribution < 1.29 is 14.4 Å².